The first-order chi connectivity index (χ1) is 15.3. The van der Waals surface area contributed by atoms with Crippen molar-refractivity contribution in [3.8, 4) is 5.75 Å². The zero-order valence-electron chi connectivity index (χ0n) is 19.1. The molecule has 1 aromatic carbocycles. The van der Waals surface area contributed by atoms with Gasteiger partial charge in [-0.25, -0.2) is 0 Å². The first-order valence-corrected chi connectivity index (χ1v) is 11.2. The van der Waals surface area contributed by atoms with Crippen LogP contribution in [0.15, 0.2) is 42.1 Å². The summed E-state index contributed by atoms with van der Waals surface area (Å²) < 4.78 is 5.52. The monoisotopic (exact) mass is 434 g/mol. The Morgan fingerprint density at radius 3 is 2.50 bits per heavy atom. The van der Waals surface area contributed by atoms with Gasteiger partial charge in [-0.2, -0.15) is 0 Å². The number of carbonyl (C=O) groups excluding carboxylic acids is 2. The normalized spacial score (nSPS) is 21.0. The lowest BCUT2D eigenvalue weighted by Crippen LogP contribution is -2.37. The zero-order chi connectivity index (χ0) is 23.0. The minimum atomic E-state index is -0.691. The van der Waals surface area contributed by atoms with Crippen LogP contribution in [0.2, 0.25) is 0 Å². The molecule has 0 spiro atoms. The van der Waals surface area contributed by atoms with E-state index in [1.54, 1.807) is 24.3 Å². The van der Waals surface area contributed by atoms with Gasteiger partial charge in [0.05, 0.1) is 18.4 Å². The number of rotatable bonds is 5. The second kappa shape index (κ2) is 8.77. The number of hydrogen-bond acceptors (Lipinski definition) is 5. The van der Waals surface area contributed by atoms with Gasteiger partial charge in [-0.05, 0) is 61.1 Å². The average molecular weight is 435 g/mol. The van der Waals surface area contributed by atoms with Crippen molar-refractivity contribution in [1.29, 1.82) is 0 Å². The number of aliphatic hydroxyl groups is 1. The minimum absolute atomic E-state index is 0.0213. The maximum atomic E-state index is 13.3. The number of pyridine rings is 1. The third kappa shape index (κ3) is 3.68. The Morgan fingerprint density at radius 1 is 1.19 bits per heavy atom. The number of Topliss-reactive ketones (excluding diaryl/α,β-unsaturated/α-hetero) is 1. The van der Waals surface area contributed by atoms with Gasteiger partial charge in [0.25, 0.3) is 11.7 Å². The lowest BCUT2D eigenvalue weighted by atomic mass is 9.92. The highest BCUT2D eigenvalue weighted by molar-refractivity contribution is 6.46. The molecule has 1 saturated carbocycles. The summed E-state index contributed by atoms with van der Waals surface area (Å²) in [5.74, 6) is -0.455. The molecule has 1 amide bonds. The molecule has 1 unspecified atom stereocenters. The Labute approximate surface area is 188 Å². The molecule has 1 saturated heterocycles. The summed E-state index contributed by atoms with van der Waals surface area (Å²) in [5, 5.41) is 11.5. The Balaban J connectivity index is 1.92. The second-order valence-corrected chi connectivity index (χ2v) is 8.96. The maximum Gasteiger partial charge on any atom is 0.295 e. The molecule has 0 bridgehead atoms. The van der Waals surface area contributed by atoms with E-state index in [4.69, 9.17) is 4.74 Å². The number of ketones is 1. The molecular weight excluding hydrogens is 404 g/mol. The van der Waals surface area contributed by atoms with Crippen molar-refractivity contribution in [2.75, 3.05) is 7.11 Å². The lowest BCUT2D eigenvalue weighted by Gasteiger charge is -2.30. The summed E-state index contributed by atoms with van der Waals surface area (Å²) >= 11 is 0. The summed E-state index contributed by atoms with van der Waals surface area (Å²) in [5.41, 5.74) is 2.95. The maximum absolute atomic E-state index is 13.3. The van der Waals surface area contributed by atoms with Crippen molar-refractivity contribution >= 4 is 17.4 Å². The molecule has 168 valence electrons. The van der Waals surface area contributed by atoms with E-state index in [0.29, 0.717) is 11.3 Å². The van der Waals surface area contributed by atoms with Gasteiger partial charge < -0.3 is 14.7 Å². The van der Waals surface area contributed by atoms with Gasteiger partial charge in [-0.1, -0.05) is 32.8 Å². The quantitative estimate of drug-likeness (QED) is 0.412. The molecule has 2 heterocycles. The molecule has 6 heteroatoms. The van der Waals surface area contributed by atoms with Gasteiger partial charge in [0.1, 0.15) is 17.6 Å². The summed E-state index contributed by atoms with van der Waals surface area (Å²) in [4.78, 5) is 32.5. The number of amides is 1. The van der Waals surface area contributed by atoms with Crippen LogP contribution in [0.25, 0.3) is 5.76 Å². The van der Waals surface area contributed by atoms with Gasteiger partial charge in [-0.15, -0.1) is 0 Å². The van der Waals surface area contributed by atoms with Crippen LogP contribution in [-0.4, -0.2) is 39.8 Å². The Hall–Kier alpha value is -3.15. The second-order valence-electron chi connectivity index (χ2n) is 8.96. The summed E-state index contributed by atoms with van der Waals surface area (Å²) in [6, 6.07) is 8.47. The fourth-order valence-electron chi connectivity index (χ4n) is 4.96. The molecule has 1 aliphatic heterocycles. The molecule has 0 radical (unpaired) electrons. The SMILES string of the molecule is COc1cc(C)c(/C(O)=C2\C(=O)C(=O)N(C3CCCC3)C2c2ccccn2)cc1C(C)C. The van der Waals surface area contributed by atoms with Crippen molar-refractivity contribution < 1.29 is 19.4 Å². The van der Waals surface area contributed by atoms with Crippen molar-refractivity contribution in [3.05, 3.63) is 64.5 Å². The number of carbonyl (C=O) groups is 2. The zero-order valence-corrected chi connectivity index (χ0v) is 19.1. The van der Waals surface area contributed by atoms with E-state index in [2.05, 4.69) is 4.98 Å². The van der Waals surface area contributed by atoms with Crippen molar-refractivity contribution in [1.82, 2.24) is 9.88 Å². The largest absolute Gasteiger partial charge is 0.507 e. The lowest BCUT2D eigenvalue weighted by molar-refractivity contribution is -0.141. The number of aliphatic hydroxyl groups excluding tert-OH is 1. The number of aromatic nitrogens is 1. The number of likely N-dealkylation sites (tertiary alicyclic amines) is 1. The topological polar surface area (TPSA) is 79.7 Å². The third-order valence-electron chi connectivity index (χ3n) is 6.62. The first-order valence-electron chi connectivity index (χ1n) is 11.2. The Morgan fingerprint density at radius 2 is 1.91 bits per heavy atom. The highest BCUT2D eigenvalue weighted by Gasteiger charge is 2.49. The van der Waals surface area contributed by atoms with Crippen LogP contribution in [0.5, 0.6) is 5.75 Å². The average Bonchev–Trinajstić information content (AvgIpc) is 3.40. The number of benzene rings is 1. The van der Waals surface area contributed by atoms with Crippen LogP contribution >= 0.6 is 0 Å². The Bertz CT molecular complexity index is 1070. The smallest absolute Gasteiger partial charge is 0.295 e. The minimum Gasteiger partial charge on any atom is -0.507 e. The van der Waals surface area contributed by atoms with Crippen LogP contribution in [0, 0.1) is 6.92 Å². The van der Waals surface area contributed by atoms with E-state index in [0.717, 1.165) is 42.6 Å². The molecule has 32 heavy (non-hydrogen) atoms. The molecule has 2 fully saturated rings. The van der Waals surface area contributed by atoms with Crippen LogP contribution in [0.1, 0.15) is 73.9 Å². The highest BCUT2D eigenvalue weighted by Crippen LogP contribution is 2.43. The summed E-state index contributed by atoms with van der Waals surface area (Å²) in [7, 11) is 1.62. The van der Waals surface area contributed by atoms with Crippen LogP contribution < -0.4 is 4.74 Å². The molecule has 1 aromatic heterocycles. The van der Waals surface area contributed by atoms with E-state index in [-0.39, 0.29) is 23.3 Å². The fourth-order valence-corrected chi connectivity index (χ4v) is 4.96. The predicted octanol–water partition coefficient (Wildman–Crippen LogP) is 4.89. The Kier molecular flexibility index (Phi) is 6.04. The first kappa shape index (κ1) is 22.1. The molecule has 1 aliphatic carbocycles. The summed E-state index contributed by atoms with van der Waals surface area (Å²) in [6.45, 7) is 5.96. The predicted molar refractivity (Wildman–Crippen MR) is 122 cm³/mol. The van der Waals surface area contributed by atoms with Crippen molar-refractivity contribution in [3.63, 3.8) is 0 Å². The van der Waals surface area contributed by atoms with Gasteiger partial charge >= 0.3 is 0 Å². The highest BCUT2D eigenvalue weighted by atomic mass is 16.5. The summed E-state index contributed by atoms with van der Waals surface area (Å²) in [6.07, 6.45) is 5.42. The molecular formula is C26H30N2O4. The molecule has 2 aliphatic rings. The third-order valence-corrected chi connectivity index (χ3v) is 6.62. The number of hydrogen-bond donors (Lipinski definition) is 1. The van der Waals surface area contributed by atoms with Crippen LogP contribution in [0.3, 0.4) is 0 Å². The van der Waals surface area contributed by atoms with E-state index in [1.807, 2.05) is 45.0 Å². The molecule has 6 nitrogen and oxygen atoms in total. The molecule has 1 N–H and O–H groups in total. The van der Waals surface area contributed by atoms with Crippen LogP contribution in [-0.2, 0) is 9.59 Å². The standard InChI is InChI=1S/C26H30N2O4/c1-15(2)18-14-19(16(3)13-21(18)32-4)24(29)22-23(20-11-7-8-12-27-20)28(26(31)25(22)30)17-9-5-6-10-17/h7-8,11-15,17,23,29H,5-6,9-10H2,1-4H3/b24-22+. The van der Waals surface area contributed by atoms with Gasteiger partial charge in [0.15, 0.2) is 0 Å². The molecule has 2 aromatic rings. The fraction of sp³-hybridized carbons (Fsp3) is 0.423. The van der Waals surface area contributed by atoms with Crippen molar-refractivity contribution in [2.24, 2.45) is 0 Å². The number of ether oxygens (including phenoxy) is 1. The van der Waals surface area contributed by atoms with E-state index in [9.17, 15) is 14.7 Å². The van der Waals surface area contributed by atoms with Crippen molar-refractivity contribution in [2.45, 2.75) is 64.5 Å². The number of nitrogens with zero attached hydrogens (tertiary/aromatic N) is 2. The van der Waals surface area contributed by atoms with Crippen LogP contribution in [0.4, 0.5) is 0 Å². The molecule has 1 atom stereocenters. The van der Waals surface area contributed by atoms with E-state index >= 15 is 0 Å². The number of aryl methyl sites for hydroxylation is 1. The molecule has 4 rings (SSSR count). The number of methoxy groups -OCH3 is 1. The van der Waals surface area contributed by atoms with E-state index in [1.165, 1.54) is 0 Å². The van der Waals surface area contributed by atoms with E-state index < -0.39 is 17.7 Å². The van der Waals surface area contributed by atoms with Gasteiger partial charge in [-0.3, -0.25) is 14.6 Å². The van der Waals surface area contributed by atoms with Gasteiger partial charge in [0.2, 0.25) is 0 Å². The van der Waals surface area contributed by atoms with Gasteiger partial charge in [0, 0.05) is 17.8 Å².